The minimum atomic E-state index is 0.687. The molecule has 0 atom stereocenters. The topological polar surface area (TPSA) is 22.0 Å². The third kappa shape index (κ3) is 1.38. The zero-order valence-electron chi connectivity index (χ0n) is 9.73. The molecular formula is C15H13NO. The fourth-order valence-corrected chi connectivity index (χ4v) is 2.57. The number of fused-ring (bicyclic) bond motifs is 3. The molecule has 1 heterocycles. The normalized spacial score (nSPS) is 13.8. The van der Waals surface area contributed by atoms with Crippen LogP contribution in [0.15, 0.2) is 29.8 Å². The molecule has 1 aliphatic carbocycles. The van der Waals surface area contributed by atoms with E-state index in [2.05, 4.69) is 35.8 Å². The Balaban J connectivity index is 2.58. The Morgan fingerprint density at radius 2 is 2.18 bits per heavy atom. The van der Waals surface area contributed by atoms with Crippen LogP contribution in [0.5, 0.6) is 0 Å². The molecule has 0 N–H and O–H groups in total. The molecule has 2 nitrogen and oxygen atoms in total. The molecule has 84 valence electrons. The number of para-hydroxylation sites is 1. The van der Waals surface area contributed by atoms with Crippen molar-refractivity contribution < 1.29 is 4.79 Å². The summed E-state index contributed by atoms with van der Waals surface area (Å²) < 4.78 is 2.29. The molecule has 17 heavy (non-hydrogen) atoms. The minimum Gasteiger partial charge on any atom is -0.341 e. The molecule has 0 radical (unpaired) electrons. The van der Waals surface area contributed by atoms with Crippen LogP contribution in [0.2, 0.25) is 0 Å². The Kier molecular flexibility index (Phi) is 2.24. The third-order valence-corrected chi connectivity index (χ3v) is 3.33. The van der Waals surface area contributed by atoms with Crippen LogP contribution < -0.4 is 10.6 Å². The summed E-state index contributed by atoms with van der Waals surface area (Å²) in [5.74, 6) is 2.01. The zero-order valence-corrected chi connectivity index (χ0v) is 9.73. The van der Waals surface area contributed by atoms with Crippen molar-refractivity contribution >= 4 is 29.0 Å². The van der Waals surface area contributed by atoms with Crippen molar-refractivity contribution in [3.8, 4) is 0 Å². The monoisotopic (exact) mass is 223 g/mol. The zero-order chi connectivity index (χ0) is 11.8. The summed E-state index contributed by atoms with van der Waals surface area (Å²) in [5.41, 5.74) is 1.97. The van der Waals surface area contributed by atoms with Gasteiger partial charge in [-0.05, 0) is 19.1 Å². The number of nitrogens with zero attached hydrogens (tertiary/aromatic N) is 1. The van der Waals surface area contributed by atoms with Crippen molar-refractivity contribution in [2.45, 2.75) is 19.9 Å². The van der Waals surface area contributed by atoms with Gasteiger partial charge in [0.1, 0.15) is 5.94 Å². The Labute approximate surface area is 99.2 Å². The van der Waals surface area contributed by atoms with Crippen LogP contribution in [-0.4, -0.2) is 10.5 Å². The van der Waals surface area contributed by atoms with Gasteiger partial charge in [0, 0.05) is 40.0 Å². The van der Waals surface area contributed by atoms with Gasteiger partial charge in [0.25, 0.3) is 0 Å². The molecule has 2 aromatic rings. The summed E-state index contributed by atoms with van der Waals surface area (Å²) in [6.45, 7) is 3.09. The van der Waals surface area contributed by atoms with Crippen LogP contribution >= 0.6 is 0 Å². The molecular weight excluding hydrogens is 210 g/mol. The van der Waals surface area contributed by atoms with Crippen molar-refractivity contribution in [3.63, 3.8) is 0 Å². The molecule has 0 fully saturated rings. The standard InChI is InChI=1S/C15H13NO/c1-2-16-14-6-4-3-5-12(14)13-9-11(10-17)7-8-15(13)16/h3-6,8-9H,2,7H2,1H3. The molecule has 3 rings (SSSR count). The number of hydrogen-bond acceptors (Lipinski definition) is 1. The summed E-state index contributed by atoms with van der Waals surface area (Å²) >= 11 is 0. The van der Waals surface area contributed by atoms with Crippen molar-refractivity contribution in [1.82, 2.24) is 4.57 Å². The molecule has 2 heteroatoms. The lowest BCUT2D eigenvalue weighted by molar-refractivity contribution is 0.567. The van der Waals surface area contributed by atoms with Crippen LogP contribution in [0.25, 0.3) is 23.1 Å². The van der Waals surface area contributed by atoms with Crippen molar-refractivity contribution in [2.75, 3.05) is 0 Å². The van der Waals surface area contributed by atoms with Gasteiger partial charge < -0.3 is 4.57 Å². The third-order valence-electron chi connectivity index (χ3n) is 3.33. The maximum Gasteiger partial charge on any atom is 0.128 e. The second kappa shape index (κ2) is 3.76. The molecule has 0 amide bonds. The predicted molar refractivity (Wildman–Crippen MR) is 69.6 cm³/mol. The summed E-state index contributed by atoms with van der Waals surface area (Å²) in [4.78, 5) is 10.8. The molecule has 1 aromatic carbocycles. The van der Waals surface area contributed by atoms with E-state index in [0.29, 0.717) is 6.42 Å². The fourth-order valence-electron chi connectivity index (χ4n) is 2.57. The van der Waals surface area contributed by atoms with Gasteiger partial charge in [-0.25, -0.2) is 4.79 Å². The first kappa shape index (κ1) is 10.1. The van der Waals surface area contributed by atoms with Gasteiger partial charge in [0.15, 0.2) is 0 Å². The van der Waals surface area contributed by atoms with Crippen LogP contribution in [-0.2, 0) is 11.3 Å². The minimum absolute atomic E-state index is 0.687. The molecule has 0 spiro atoms. The number of hydrogen-bond donors (Lipinski definition) is 0. The van der Waals surface area contributed by atoms with Gasteiger partial charge in [-0.1, -0.05) is 24.3 Å². The quantitative estimate of drug-likeness (QED) is 0.669. The fraction of sp³-hybridized carbons (Fsp3) is 0.200. The first-order valence-electron chi connectivity index (χ1n) is 5.88. The summed E-state index contributed by atoms with van der Waals surface area (Å²) in [6.07, 6.45) is 4.78. The lowest BCUT2D eigenvalue weighted by Gasteiger charge is -2.02. The summed E-state index contributed by atoms with van der Waals surface area (Å²) in [7, 11) is 0. The first-order chi connectivity index (χ1) is 8.35. The maximum atomic E-state index is 10.8. The van der Waals surface area contributed by atoms with Crippen molar-refractivity contribution in [2.24, 2.45) is 0 Å². The number of carbonyl (C=O) groups excluding carboxylic acids is 1. The SMILES string of the molecule is CCn1c2c(c3ccccc31)=CC(=C=O)CC=2. The van der Waals surface area contributed by atoms with Crippen LogP contribution in [0, 0.1) is 0 Å². The van der Waals surface area contributed by atoms with Crippen molar-refractivity contribution in [3.05, 3.63) is 40.4 Å². The Morgan fingerprint density at radius 3 is 2.94 bits per heavy atom. The average Bonchev–Trinajstić information content (AvgIpc) is 2.71. The van der Waals surface area contributed by atoms with E-state index in [0.717, 1.165) is 17.3 Å². The van der Waals surface area contributed by atoms with E-state index < -0.39 is 0 Å². The highest BCUT2D eigenvalue weighted by molar-refractivity contribution is 5.86. The number of allylic oxidation sites excluding steroid dienone is 1. The van der Waals surface area contributed by atoms with E-state index in [9.17, 15) is 4.79 Å². The van der Waals surface area contributed by atoms with E-state index >= 15 is 0 Å². The Morgan fingerprint density at radius 1 is 1.35 bits per heavy atom. The van der Waals surface area contributed by atoms with E-state index in [-0.39, 0.29) is 0 Å². The van der Waals surface area contributed by atoms with Gasteiger partial charge >= 0.3 is 0 Å². The highest BCUT2D eigenvalue weighted by Crippen LogP contribution is 2.11. The predicted octanol–water partition coefficient (Wildman–Crippen LogP) is 1.38. The number of benzene rings is 1. The van der Waals surface area contributed by atoms with Gasteiger partial charge in [-0.2, -0.15) is 0 Å². The molecule has 0 saturated carbocycles. The first-order valence-corrected chi connectivity index (χ1v) is 5.88. The number of aryl methyl sites for hydroxylation is 1. The average molecular weight is 223 g/mol. The Bertz CT molecular complexity index is 758. The highest BCUT2D eigenvalue weighted by Gasteiger charge is 2.09. The summed E-state index contributed by atoms with van der Waals surface area (Å²) in [6, 6.07) is 8.33. The maximum absolute atomic E-state index is 10.8. The second-order valence-corrected chi connectivity index (χ2v) is 4.24. The second-order valence-electron chi connectivity index (χ2n) is 4.24. The molecule has 0 aliphatic heterocycles. The number of aromatic nitrogens is 1. The van der Waals surface area contributed by atoms with E-state index in [1.807, 2.05) is 18.1 Å². The van der Waals surface area contributed by atoms with E-state index in [4.69, 9.17) is 0 Å². The van der Waals surface area contributed by atoms with Gasteiger partial charge in [-0.3, -0.25) is 0 Å². The lowest BCUT2D eigenvalue weighted by Crippen LogP contribution is -2.31. The van der Waals surface area contributed by atoms with Crippen molar-refractivity contribution in [1.29, 1.82) is 0 Å². The number of rotatable bonds is 1. The molecule has 0 unspecified atom stereocenters. The van der Waals surface area contributed by atoms with E-state index in [1.54, 1.807) is 0 Å². The van der Waals surface area contributed by atoms with Gasteiger partial charge in [0.05, 0.1) is 0 Å². The van der Waals surface area contributed by atoms with Crippen LogP contribution in [0.4, 0.5) is 0 Å². The molecule has 0 bridgehead atoms. The molecule has 0 saturated heterocycles. The van der Waals surface area contributed by atoms with Gasteiger partial charge in [0.2, 0.25) is 0 Å². The smallest absolute Gasteiger partial charge is 0.128 e. The van der Waals surface area contributed by atoms with Gasteiger partial charge in [-0.15, -0.1) is 0 Å². The van der Waals surface area contributed by atoms with Crippen LogP contribution in [0.1, 0.15) is 13.3 Å². The lowest BCUT2D eigenvalue weighted by atomic mass is 10.1. The van der Waals surface area contributed by atoms with Crippen LogP contribution in [0.3, 0.4) is 0 Å². The molecule has 1 aliphatic rings. The largest absolute Gasteiger partial charge is 0.341 e. The van der Waals surface area contributed by atoms with E-state index in [1.165, 1.54) is 16.3 Å². The molecule has 1 aromatic heterocycles. The highest BCUT2D eigenvalue weighted by atomic mass is 16.1. The summed E-state index contributed by atoms with van der Waals surface area (Å²) in [5, 5.41) is 3.60. The Hall–Kier alpha value is -2.05.